The zero-order chi connectivity index (χ0) is 20.1. The molecule has 0 saturated carbocycles. The van der Waals surface area contributed by atoms with Gasteiger partial charge in [0.15, 0.2) is 0 Å². The maximum atomic E-state index is 12.4. The lowest BCUT2D eigenvalue weighted by molar-refractivity contribution is -0.121. The molecule has 1 amide bonds. The fraction of sp³-hybridized carbons (Fsp3) is 0.350. The molecule has 2 aromatic rings. The van der Waals surface area contributed by atoms with Crippen molar-refractivity contribution in [3.05, 3.63) is 61.0 Å². The van der Waals surface area contributed by atoms with Crippen LogP contribution in [0.2, 0.25) is 0 Å². The van der Waals surface area contributed by atoms with E-state index in [0.717, 1.165) is 21.3 Å². The lowest BCUT2D eigenvalue weighted by Crippen LogP contribution is -2.27. The van der Waals surface area contributed by atoms with E-state index in [1.54, 1.807) is 21.0 Å². The standard InChI is InChI=1S/C20H22BrN3O3/c1-11-15(13(3)24-20(26)16(11)10-22)6-8-19(25)23-12(2)14-5-7-18(27-4)17(21)9-14/h5,7,9,12H,6,8H2,1-4H3,(H,23,25)(H,24,26). The summed E-state index contributed by atoms with van der Waals surface area (Å²) in [5.41, 5.74) is 2.84. The summed E-state index contributed by atoms with van der Waals surface area (Å²) in [6.07, 6.45) is 0.717. The van der Waals surface area contributed by atoms with E-state index in [-0.39, 0.29) is 29.5 Å². The topological polar surface area (TPSA) is 95.0 Å². The molecule has 1 atom stereocenters. The van der Waals surface area contributed by atoms with Crippen molar-refractivity contribution < 1.29 is 9.53 Å². The molecule has 1 unspecified atom stereocenters. The molecule has 142 valence electrons. The molecule has 0 fully saturated rings. The zero-order valence-electron chi connectivity index (χ0n) is 15.8. The molecule has 0 radical (unpaired) electrons. The number of pyridine rings is 1. The zero-order valence-corrected chi connectivity index (χ0v) is 17.4. The van der Waals surface area contributed by atoms with Gasteiger partial charge >= 0.3 is 0 Å². The van der Waals surface area contributed by atoms with Gasteiger partial charge in [0.25, 0.3) is 5.56 Å². The van der Waals surface area contributed by atoms with Crippen LogP contribution in [-0.2, 0) is 11.2 Å². The Bertz CT molecular complexity index is 960. The monoisotopic (exact) mass is 431 g/mol. The highest BCUT2D eigenvalue weighted by atomic mass is 79.9. The van der Waals surface area contributed by atoms with Crippen molar-refractivity contribution in [2.24, 2.45) is 0 Å². The van der Waals surface area contributed by atoms with E-state index in [9.17, 15) is 9.59 Å². The third-order valence-corrected chi connectivity index (χ3v) is 5.20. The first-order valence-corrected chi connectivity index (χ1v) is 9.33. The molecule has 2 rings (SSSR count). The molecule has 0 saturated heterocycles. The smallest absolute Gasteiger partial charge is 0.266 e. The van der Waals surface area contributed by atoms with Crippen LogP contribution in [0.5, 0.6) is 5.75 Å². The van der Waals surface area contributed by atoms with Crippen LogP contribution in [0.15, 0.2) is 27.5 Å². The molecule has 1 aromatic heterocycles. The van der Waals surface area contributed by atoms with Crippen molar-refractivity contribution in [3.8, 4) is 11.8 Å². The Balaban J connectivity index is 2.06. The number of nitrogens with one attached hydrogen (secondary N) is 2. The van der Waals surface area contributed by atoms with Gasteiger partial charge in [-0.05, 0) is 71.9 Å². The third-order valence-electron chi connectivity index (χ3n) is 4.58. The van der Waals surface area contributed by atoms with Crippen LogP contribution in [-0.4, -0.2) is 18.0 Å². The van der Waals surface area contributed by atoms with Gasteiger partial charge in [-0.2, -0.15) is 5.26 Å². The number of ether oxygens (including phenoxy) is 1. The Hall–Kier alpha value is -2.59. The molecular weight excluding hydrogens is 410 g/mol. The van der Waals surface area contributed by atoms with Gasteiger partial charge in [-0.1, -0.05) is 6.07 Å². The van der Waals surface area contributed by atoms with Gasteiger partial charge in [-0.15, -0.1) is 0 Å². The van der Waals surface area contributed by atoms with Crippen molar-refractivity contribution >= 4 is 21.8 Å². The highest BCUT2D eigenvalue weighted by Crippen LogP contribution is 2.28. The van der Waals surface area contributed by atoms with Crippen LogP contribution < -0.4 is 15.6 Å². The van der Waals surface area contributed by atoms with Crippen LogP contribution in [0.25, 0.3) is 0 Å². The minimum Gasteiger partial charge on any atom is -0.496 e. The number of carbonyl (C=O) groups is 1. The van der Waals surface area contributed by atoms with Crippen LogP contribution in [0.3, 0.4) is 0 Å². The van der Waals surface area contributed by atoms with Gasteiger partial charge in [-0.3, -0.25) is 9.59 Å². The van der Waals surface area contributed by atoms with E-state index in [1.807, 2.05) is 31.2 Å². The molecule has 6 nitrogen and oxygen atoms in total. The van der Waals surface area contributed by atoms with E-state index in [1.165, 1.54) is 0 Å². The van der Waals surface area contributed by atoms with Crippen molar-refractivity contribution in [2.75, 3.05) is 7.11 Å². The van der Waals surface area contributed by atoms with Crippen molar-refractivity contribution in [1.29, 1.82) is 5.26 Å². The fourth-order valence-electron chi connectivity index (χ4n) is 3.01. The number of amides is 1. The Morgan fingerprint density at radius 2 is 2.11 bits per heavy atom. The van der Waals surface area contributed by atoms with E-state index in [0.29, 0.717) is 17.7 Å². The number of hydrogen-bond donors (Lipinski definition) is 2. The second-order valence-corrected chi connectivity index (χ2v) is 7.21. The second-order valence-electron chi connectivity index (χ2n) is 6.35. The summed E-state index contributed by atoms with van der Waals surface area (Å²) in [5, 5.41) is 12.1. The van der Waals surface area contributed by atoms with Crippen LogP contribution in [0.4, 0.5) is 0 Å². The van der Waals surface area contributed by atoms with E-state index in [2.05, 4.69) is 26.2 Å². The Morgan fingerprint density at radius 1 is 1.41 bits per heavy atom. The van der Waals surface area contributed by atoms with Gasteiger partial charge in [0.05, 0.1) is 17.6 Å². The van der Waals surface area contributed by atoms with Crippen molar-refractivity contribution in [2.45, 2.75) is 39.7 Å². The maximum Gasteiger partial charge on any atom is 0.266 e. The van der Waals surface area contributed by atoms with Gasteiger partial charge < -0.3 is 15.0 Å². The number of aryl methyl sites for hydroxylation is 1. The number of H-pyrrole nitrogens is 1. The van der Waals surface area contributed by atoms with Crippen LogP contribution in [0.1, 0.15) is 47.3 Å². The fourth-order valence-corrected chi connectivity index (χ4v) is 3.57. The summed E-state index contributed by atoms with van der Waals surface area (Å²) in [6.45, 7) is 5.43. The summed E-state index contributed by atoms with van der Waals surface area (Å²) < 4.78 is 6.04. The molecule has 1 aromatic carbocycles. The number of rotatable bonds is 6. The molecule has 0 aliphatic rings. The quantitative estimate of drug-likeness (QED) is 0.731. The first-order chi connectivity index (χ1) is 12.8. The average molecular weight is 432 g/mol. The summed E-state index contributed by atoms with van der Waals surface area (Å²) in [4.78, 5) is 26.8. The highest BCUT2D eigenvalue weighted by Gasteiger charge is 2.15. The van der Waals surface area contributed by atoms with Crippen molar-refractivity contribution in [3.63, 3.8) is 0 Å². The molecule has 0 aliphatic heterocycles. The number of carbonyl (C=O) groups excluding carboxylic acids is 1. The molecule has 27 heavy (non-hydrogen) atoms. The molecule has 0 aliphatic carbocycles. The van der Waals surface area contributed by atoms with Crippen molar-refractivity contribution in [1.82, 2.24) is 10.3 Å². The normalized spacial score (nSPS) is 11.6. The molecule has 1 heterocycles. The third kappa shape index (κ3) is 4.77. The average Bonchev–Trinajstić information content (AvgIpc) is 2.61. The molecule has 2 N–H and O–H groups in total. The summed E-state index contributed by atoms with van der Waals surface area (Å²) in [5.74, 6) is 0.632. The Kier molecular flexibility index (Phi) is 6.81. The number of benzene rings is 1. The van der Waals surface area contributed by atoms with Gasteiger partial charge in [0.1, 0.15) is 17.4 Å². The maximum absolute atomic E-state index is 12.4. The predicted molar refractivity (Wildman–Crippen MR) is 107 cm³/mol. The Labute approximate surface area is 166 Å². The number of aromatic nitrogens is 1. The summed E-state index contributed by atoms with van der Waals surface area (Å²) in [7, 11) is 1.60. The molecule has 0 spiro atoms. The van der Waals surface area contributed by atoms with E-state index < -0.39 is 0 Å². The first-order valence-electron chi connectivity index (χ1n) is 8.53. The highest BCUT2D eigenvalue weighted by molar-refractivity contribution is 9.10. The molecule has 7 heteroatoms. The van der Waals surface area contributed by atoms with Gasteiger partial charge in [0.2, 0.25) is 5.91 Å². The molecular formula is C20H22BrN3O3. The number of nitriles is 1. The number of hydrogen-bond acceptors (Lipinski definition) is 4. The van der Waals surface area contributed by atoms with Crippen LogP contribution >= 0.6 is 15.9 Å². The predicted octanol–water partition coefficient (Wildman–Crippen LogP) is 3.44. The minimum atomic E-state index is -0.389. The van der Waals surface area contributed by atoms with Crippen LogP contribution in [0, 0.1) is 25.2 Å². The van der Waals surface area contributed by atoms with Gasteiger partial charge in [0, 0.05) is 12.1 Å². The number of aromatic amines is 1. The molecule has 0 bridgehead atoms. The largest absolute Gasteiger partial charge is 0.496 e. The van der Waals surface area contributed by atoms with Gasteiger partial charge in [-0.25, -0.2) is 0 Å². The Morgan fingerprint density at radius 3 is 2.70 bits per heavy atom. The lowest BCUT2D eigenvalue weighted by atomic mass is 9.99. The number of nitrogens with zero attached hydrogens (tertiary/aromatic N) is 1. The number of methoxy groups -OCH3 is 1. The number of halogens is 1. The lowest BCUT2D eigenvalue weighted by Gasteiger charge is -2.16. The first kappa shape index (κ1) is 20.7. The summed E-state index contributed by atoms with van der Waals surface area (Å²) in [6, 6.07) is 7.44. The van der Waals surface area contributed by atoms with E-state index >= 15 is 0 Å². The SMILES string of the molecule is COc1ccc(C(C)NC(=O)CCc2c(C)[nH]c(=O)c(C#N)c2C)cc1Br. The second kappa shape index (κ2) is 8.87. The summed E-state index contributed by atoms with van der Waals surface area (Å²) >= 11 is 3.45. The minimum absolute atomic E-state index is 0.0991. The van der Waals surface area contributed by atoms with E-state index in [4.69, 9.17) is 10.00 Å².